The first-order chi connectivity index (χ1) is 17.3. The Morgan fingerprint density at radius 3 is 2.67 bits per heavy atom. The summed E-state index contributed by atoms with van der Waals surface area (Å²) in [6.07, 6.45) is 0.732. The number of rotatable bonds is 11. The molecule has 0 amide bonds. The highest BCUT2D eigenvalue weighted by atomic mass is 32.2. The second kappa shape index (κ2) is 11.3. The number of aromatic nitrogens is 1. The standard InChI is InChI=1S/C26H23N3O5S2/c27-17-19-7-4-6-18(14-19)15-23(29-36(32,33)21-8-2-1-3-9-21)26-28-22-12-11-20(16-24(22)35-26)34-13-5-10-25(30)31/h1-4,6-9,11-12,14,16,23,29H,5,10,13,15H2,(H,30,31). The highest BCUT2D eigenvalue weighted by Gasteiger charge is 2.25. The van der Waals surface area contributed by atoms with Crippen LogP contribution in [0.2, 0.25) is 0 Å². The van der Waals surface area contributed by atoms with Crippen molar-refractivity contribution in [3.63, 3.8) is 0 Å². The van der Waals surface area contributed by atoms with Gasteiger partial charge in [-0.25, -0.2) is 18.1 Å². The summed E-state index contributed by atoms with van der Waals surface area (Å²) in [4.78, 5) is 15.5. The SMILES string of the molecule is N#Cc1cccc(CC(NS(=O)(=O)c2ccccc2)c2nc3ccc(OCCCC(=O)O)cc3s2)c1. The predicted molar refractivity (Wildman–Crippen MR) is 136 cm³/mol. The van der Waals surface area contributed by atoms with Crippen molar-refractivity contribution in [1.29, 1.82) is 5.26 Å². The number of carbonyl (C=O) groups is 1. The van der Waals surface area contributed by atoms with Crippen LogP contribution in [0, 0.1) is 11.3 Å². The van der Waals surface area contributed by atoms with Gasteiger partial charge in [0.05, 0.1) is 39.4 Å². The highest BCUT2D eigenvalue weighted by Crippen LogP contribution is 2.32. The van der Waals surface area contributed by atoms with Gasteiger partial charge >= 0.3 is 5.97 Å². The first-order valence-corrected chi connectivity index (χ1v) is 13.5. The maximum Gasteiger partial charge on any atom is 0.303 e. The van der Waals surface area contributed by atoms with Gasteiger partial charge in [-0.05, 0) is 60.9 Å². The van der Waals surface area contributed by atoms with Crippen LogP contribution < -0.4 is 9.46 Å². The summed E-state index contributed by atoms with van der Waals surface area (Å²) in [5.41, 5.74) is 1.99. The van der Waals surface area contributed by atoms with Crippen LogP contribution in [0.1, 0.15) is 35.0 Å². The van der Waals surface area contributed by atoms with Crippen LogP contribution in [-0.4, -0.2) is 31.1 Å². The monoisotopic (exact) mass is 521 g/mol. The summed E-state index contributed by atoms with van der Waals surface area (Å²) in [5.74, 6) is -0.281. The number of carboxylic acids is 1. The van der Waals surface area contributed by atoms with Gasteiger partial charge in [0.2, 0.25) is 10.0 Å². The Morgan fingerprint density at radius 2 is 1.92 bits per heavy atom. The molecule has 1 atom stereocenters. The summed E-state index contributed by atoms with van der Waals surface area (Å²) in [6, 6.07) is 22.0. The van der Waals surface area contributed by atoms with Gasteiger partial charge in [-0.1, -0.05) is 30.3 Å². The van der Waals surface area contributed by atoms with E-state index in [2.05, 4.69) is 15.8 Å². The maximum atomic E-state index is 13.1. The van der Waals surface area contributed by atoms with Gasteiger partial charge < -0.3 is 9.84 Å². The third-order valence-corrected chi connectivity index (χ3v) is 7.94. The number of nitrogens with one attached hydrogen (secondary N) is 1. The van der Waals surface area contributed by atoms with Crippen molar-refractivity contribution in [2.24, 2.45) is 0 Å². The molecular formula is C26H23N3O5S2. The second-order valence-electron chi connectivity index (χ2n) is 8.03. The molecule has 1 aromatic heterocycles. The van der Waals surface area contributed by atoms with Crippen molar-refractivity contribution in [2.45, 2.75) is 30.2 Å². The summed E-state index contributed by atoms with van der Waals surface area (Å²) in [6.45, 7) is 0.276. The van der Waals surface area contributed by atoms with E-state index < -0.39 is 22.0 Å². The first-order valence-electron chi connectivity index (χ1n) is 11.2. The average Bonchev–Trinajstić information content (AvgIpc) is 3.30. The minimum Gasteiger partial charge on any atom is -0.494 e. The fourth-order valence-corrected chi connectivity index (χ4v) is 5.96. The van der Waals surface area contributed by atoms with Crippen molar-refractivity contribution >= 4 is 37.5 Å². The Morgan fingerprint density at radius 1 is 1.11 bits per heavy atom. The van der Waals surface area contributed by atoms with Gasteiger partial charge in [-0.3, -0.25) is 4.79 Å². The molecule has 3 aromatic carbocycles. The summed E-state index contributed by atoms with van der Waals surface area (Å²) < 4.78 is 35.6. The van der Waals surface area contributed by atoms with E-state index in [1.807, 2.05) is 12.1 Å². The molecule has 0 bridgehead atoms. The van der Waals surface area contributed by atoms with Gasteiger partial charge in [-0.15, -0.1) is 11.3 Å². The topological polar surface area (TPSA) is 129 Å². The number of hydrogen-bond acceptors (Lipinski definition) is 7. The Hall–Kier alpha value is -3.78. The zero-order valence-electron chi connectivity index (χ0n) is 19.1. The van der Waals surface area contributed by atoms with Crippen molar-refractivity contribution in [1.82, 2.24) is 9.71 Å². The van der Waals surface area contributed by atoms with Crippen LogP contribution in [-0.2, 0) is 21.2 Å². The Bertz CT molecular complexity index is 1510. The molecular weight excluding hydrogens is 498 g/mol. The molecule has 0 fully saturated rings. The molecule has 8 nitrogen and oxygen atoms in total. The molecule has 0 aliphatic rings. The predicted octanol–water partition coefficient (Wildman–Crippen LogP) is 4.67. The van der Waals surface area contributed by atoms with Crippen LogP contribution in [0.4, 0.5) is 0 Å². The van der Waals surface area contributed by atoms with Gasteiger partial charge in [0.1, 0.15) is 10.8 Å². The Labute approximate surface area is 212 Å². The Kier molecular flexibility index (Phi) is 7.95. The van der Waals surface area contributed by atoms with Gasteiger partial charge in [0.15, 0.2) is 0 Å². The van der Waals surface area contributed by atoms with Crippen LogP contribution in [0.3, 0.4) is 0 Å². The zero-order valence-corrected chi connectivity index (χ0v) is 20.8. The molecule has 0 saturated carbocycles. The van der Waals surface area contributed by atoms with Crippen LogP contribution >= 0.6 is 11.3 Å². The van der Waals surface area contributed by atoms with E-state index in [4.69, 9.17) is 9.84 Å². The summed E-state index contributed by atoms with van der Waals surface area (Å²) >= 11 is 1.35. The lowest BCUT2D eigenvalue weighted by atomic mass is 10.0. The summed E-state index contributed by atoms with van der Waals surface area (Å²) in [5, 5.41) is 18.6. The fourth-order valence-electron chi connectivity index (χ4n) is 3.61. The van der Waals surface area contributed by atoms with E-state index in [0.29, 0.717) is 34.7 Å². The van der Waals surface area contributed by atoms with Crippen LogP contribution in [0.15, 0.2) is 77.7 Å². The van der Waals surface area contributed by atoms with Gasteiger partial charge in [-0.2, -0.15) is 5.26 Å². The number of fused-ring (bicyclic) bond motifs is 1. The molecule has 1 heterocycles. The minimum atomic E-state index is -3.83. The quantitative estimate of drug-likeness (QED) is 0.274. The van der Waals surface area contributed by atoms with E-state index in [1.165, 1.54) is 23.5 Å². The van der Waals surface area contributed by atoms with Crippen molar-refractivity contribution < 1.29 is 23.1 Å². The largest absolute Gasteiger partial charge is 0.494 e. The van der Waals surface area contributed by atoms with E-state index in [0.717, 1.165) is 10.3 Å². The normalized spacial score (nSPS) is 12.2. The lowest BCUT2D eigenvalue weighted by Gasteiger charge is -2.17. The molecule has 10 heteroatoms. The lowest BCUT2D eigenvalue weighted by molar-refractivity contribution is -0.137. The molecule has 0 saturated heterocycles. The number of hydrogen-bond donors (Lipinski definition) is 2. The molecule has 1 unspecified atom stereocenters. The molecule has 4 rings (SSSR count). The van der Waals surface area contributed by atoms with E-state index in [-0.39, 0.29) is 17.9 Å². The first kappa shape index (κ1) is 25.3. The van der Waals surface area contributed by atoms with E-state index >= 15 is 0 Å². The highest BCUT2D eigenvalue weighted by molar-refractivity contribution is 7.89. The zero-order chi connectivity index (χ0) is 25.5. The van der Waals surface area contributed by atoms with Crippen molar-refractivity contribution in [3.05, 3.63) is 88.9 Å². The number of nitriles is 1. The molecule has 0 spiro atoms. The number of aliphatic carboxylic acids is 1. The molecule has 2 N–H and O–H groups in total. The molecule has 184 valence electrons. The number of benzene rings is 3. The number of carboxylic acid groups (broad SMARTS) is 1. The minimum absolute atomic E-state index is 0.0309. The number of nitrogens with zero attached hydrogens (tertiary/aromatic N) is 2. The van der Waals surface area contributed by atoms with E-state index in [9.17, 15) is 18.5 Å². The smallest absolute Gasteiger partial charge is 0.303 e. The second-order valence-corrected chi connectivity index (χ2v) is 10.8. The molecule has 36 heavy (non-hydrogen) atoms. The fraction of sp³-hybridized carbons (Fsp3) is 0.192. The molecule has 4 aromatic rings. The molecule has 0 radical (unpaired) electrons. The number of sulfonamides is 1. The number of ether oxygens (including phenoxy) is 1. The molecule has 0 aliphatic heterocycles. The number of thiazole rings is 1. The van der Waals surface area contributed by atoms with Crippen LogP contribution in [0.25, 0.3) is 10.2 Å². The van der Waals surface area contributed by atoms with Crippen LogP contribution in [0.5, 0.6) is 5.75 Å². The molecule has 0 aliphatic carbocycles. The van der Waals surface area contributed by atoms with Crippen molar-refractivity contribution in [2.75, 3.05) is 6.61 Å². The third-order valence-electron chi connectivity index (χ3n) is 5.33. The maximum absolute atomic E-state index is 13.1. The van der Waals surface area contributed by atoms with Crippen molar-refractivity contribution in [3.8, 4) is 11.8 Å². The third kappa shape index (κ3) is 6.46. The average molecular weight is 522 g/mol. The summed E-state index contributed by atoms with van der Waals surface area (Å²) in [7, 11) is -3.83. The van der Waals surface area contributed by atoms with Gasteiger partial charge in [0.25, 0.3) is 0 Å². The van der Waals surface area contributed by atoms with Gasteiger partial charge in [0, 0.05) is 6.42 Å². The lowest BCUT2D eigenvalue weighted by Crippen LogP contribution is -2.30. The Balaban J connectivity index is 1.63. The van der Waals surface area contributed by atoms with E-state index in [1.54, 1.807) is 48.5 Å².